The molecule has 3 N–H and O–H groups in total. The third-order valence-corrected chi connectivity index (χ3v) is 1.59. The molecule has 0 fully saturated rings. The Morgan fingerprint density at radius 1 is 1.46 bits per heavy atom. The molecule has 0 aromatic carbocycles. The molecule has 0 aliphatic rings. The van der Waals surface area contributed by atoms with Gasteiger partial charge in [0.2, 0.25) is 0 Å². The topological polar surface area (TPSA) is 58.4 Å². The largest absolute Gasteiger partial charge is 0.336 e. The number of nitrogens with one attached hydrogen (secondary N) is 1. The van der Waals surface area contributed by atoms with Gasteiger partial charge < -0.3 is 16.0 Å². The van der Waals surface area contributed by atoms with E-state index in [4.69, 9.17) is 5.73 Å². The summed E-state index contributed by atoms with van der Waals surface area (Å²) in [6.07, 6.45) is 0.964. The van der Waals surface area contributed by atoms with Crippen LogP contribution in [0.3, 0.4) is 0 Å². The Morgan fingerprint density at radius 2 is 2.08 bits per heavy atom. The number of carbonyl (C=O) groups excluding carboxylic acids is 1. The lowest BCUT2D eigenvalue weighted by Gasteiger charge is -2.23. The monoisotopic (exact) mass is 187 g/mol. The molecular formula is C9H21N3O. The minimum Gasteiger partial charge on any atom is -0.336 e. The molecule has 78 valence electrons. The fourth-order valence-electron chi connectivity index (χ4n) is 1.08. The lowest BCUT2D eigenvalue weighted by Crippen LogP contribution is -2.45. The zero-order valence-electron chi connectivity index (χ0n) is 8.84. The second-order valence-electron chi connectivity index (χ2n) is 3.38. The first-order chi connectivity index (χ1) is 6.11. The van der Waals surface area contributed by atoms with E-state index in [0.29, 0.717) is 13.1 Å². The van der Waals surface area contributed by atoms with Gasteiger partial charge in [-0.2, -0.15) is 0 Å². The van der Waals surface area contributed by atoms with Crippen LogP contribution in [0.5, 0.6) is 0 Å². The number of hydrogen-bond acceptors (Lipinski definition) is 2. The predicted octanol–water partition coefficient (Wildman–Crippen LogP) is 0.775. The average molecular weight is 187 g/mol. The summed E-state index contributed by atoms with van der Waals surface area (Å²) in [7, 11) is 0. The van der Waals surface area contributed by atoms with Crippen LogP contribution in [0.4, 0.5) is 4.79 Å². The van der Waals surface area contributed by atoms with E-state index in [2.05, 4.69) is 5.32 Å². The molecule has 0 aliphatic heterocycles. The number of carbonyl (C=O) groups is 1. The maximum absolute atomic E-state index is 11.5. The minimum atomic E-state index is -0.0118. The summed E-state index contributed by atoms with van der Waals surface area (Å²) in [4.78, 5) is 13.2. The number of hydrogen-bond donors (Lipinski definition) is 2. The zero-order chi connectivity index (χ0) is 10.3. The van der Waals surface area contributed by atoms with Crippen LogP contribution in [-0.2, 0) is 0 Å². The molecular weight excluding hydrogens is 166 g/mol. The smallest absolute Gasteiger partial charge is 0.317 e. The molecule has 4 nitrogen and oxygen atoms in total. The van der Waals surface area contributed by atoms with Gasteiger partial charge in [-0.15, -0.1) is 0 Å². The van der Waals surface area contributed by atoms with Crippen molar-refractivity contribution in [3.63, 3.8) is 0 Å². The lowest BCUT2D eigenvalue weighted by molar-refractivity contribution is 0.196. The molecule has 0 unspecified atom stereocenters. The van der Waals surface area contributed by atoms with E-state index >= 15 is 0 Å². The highest BCUT2D eigenvalue weighted by Crippen LogP contribution is 1.92. The van der Waals surface area contributed by atoms with Gasteiger partial charge in [0.25, 0.3) is 0 Å². The highest BCUT2D eigenvalue weighted by molar-refractivity contribution is 5.74. The second kappa shape index (κ2) is 6.71. The molecule has 0 saturated heterocycles. The molecule has 0 radical (unpaired) electrons. The number of urea groups is 1. The Morgan fingerprint density at radius 3 is 2.46 bits per heavy atom. The third-order valence-electron chi connectivity index (χ3n) is 1.59. The Bertz CT molecular complexity index is 142. The van der Waals surface area contributed by atoms with Gasteiger partial charge in [-0.1, -0.05) is 6.92 Å². The standard InChI is InChI=1S/C9H21N3O/c1-4-6-12(7-5-10)9(13)11-8(2)3/h8H,4-7,10H2,1-3H3,(H,11,13). The van der Waals surface area contributed by atoms with Crippen molar-refractivity contribution in [1.29, 1.82) is 0 Å². The van der Waals surface area contributed by atoms with Gasteiger partial charge in [0.15, 0.2) is 0 Å². The number of rotatable bonds is 5. The summed E-state index contributed by atoms with van der Waals surface area (Å²) in [6.45, 7) is 7.87. The van der Waals surface area contributed by atoms with Crippen LogP contribution in [0.1, 0.15) is 27.2 Å². The van der Waals surface area contributed by atoms with Gasteiger partial charge >= 0.3 is 6.03 Å². The summed E-state index contributed by atoms with van der Waals surface area (Å²) in [5, 5.41) is 2.84. The van der Waals surface area contributed by atoms with Crippen molar-refractivity contribution >= 4 is 6.03 Å². The molecule has 13 heavy (non-hydrogen) atoms. The van der Waals surface area contributed by atoms with Crippen molar-refractivity contribution in [2.45, 2.75) is 33.2 Å². The Labute approximate surface area is 80.5 Å². The quantitative estimate of drug-likeness (QED) is 0.668. The fourth-order valence-corrected chi connectivity index (χ4v) is 1.08. The van der Waals surface area contributed by atoms with Gasteiger partial charge in [-0.3, -0.25) is 0 Å². The van der Waals surface area contributed by atoms with Crippen molar-refractivity contribution in [1.82, 2.24) is 10.2 Å². The second-order valence-corrected chi connectivity index (χ2v) is 3.38. The SMILES string of the molecule is CCCN(CCN)C(=O)NC(C)C. The van der Waals surface area contributed by atoms with E-state index in [0.717, 1.165) is 13.0 Å². The van der Waals surface area contributed by atoms with Crippen LogP contribution in [0.15, 0.2) is 0 Å². The first-order valence-corrected chi connectivity index (χ1v) is 4.87. The maximum Gasteiger partial charge on any atom is 0.317 e. The Balaban J connectivity index is 3.95. The molecule has 4 heteroatoms. The van der Waals surface area contributed by atoms with Crippen molar-refractivity contribution in [2.75, 3.05) is 19.6 Å². The molecule has 0 saturated carbocycles. The predicted molar refractivity (Wildman–Crippen MR) is 54.6 cm³/mol. The van der Waals surface area contributed by atoms with E-state index in [1.165, 1.54) is 0 Å². The third kappa shape index (κ3) is 5.47. The van der Waals surface area contributed by atoms with E-state index in [-0.39, 0.29) is 12.1 Å². The zero-order valence-corrected chi connectivity index (χ0v) is 8.84. The van der Waals surface area contributed by atoms with Crippen LogP contribution < -0.4 is 11.1 Å². The molecule has 0 atom stereocenters. The number of nitrogens with zero attached hydrogens (tertiary/aromatic N) is 1. The van der Waals surface area contributed by atoms with Gasteiger partial charge in [0, 0.05) is 25.7 Å². The maximum atomic E-state index is 11.5. The van der Waals surface area contributed by atoms with E-state index in [1.807, 2.05) is 20.8 Å². The molecule has 2 amide bonds. The van der Waals surface area contributed by atoms with Crippen LogP contribution in [0.2, 0.25) is 0 Å². The van der Waals surface area contributed by atoms with Crippen molar-refractivity contribution in [3.8, 4) is 0 Å². The molecule has 0 bridgehead atoms. The summed E-state index contributed by atoms with van der Waals surface area (Å²) in [5.74, 6) is 0. The van der Waals surface area contributed by atoms with Gasteiger partial charge in [-0.05, 0) is 20.3 Å². The van der Waals surface area contributed by atoms with Gasteiger partial charge in [-0.25, -0.2) is 4.79 Å². The molecule has 0 aromatic rings. The van der Waals surface area contributed by atoms with Crippen LogP contribution in [-0.4, -0.2) is 36.6 Å². The fraction of sp³-hybridized carbons (Fsp3) is 0.889. The first-order valence-electron chi connectivity index (χ1n) is 4.87. The summed E-state index contributed by atoms with van der Waals surface area (Å²) in [6, 6.07) is 0.173. The van der Waals surface area contributed by atoms with Crippen LogP contribution in [0.25, 0.3) is 0 Å². The Kier molecular flexibility index (Phi) is 6.32. The highest BCUT2D eigenvalue weighted by atomic mass is 16.2. The number of amides is 2. The summed E-state index contributed by atoms with van der Waals surface area (Å²) < 4.78 is 0. The first kappa shape index (κ1) is 12.2. The number of nitrogens with two attached hydrogens (primary N) is 1. The Hall–Kier alpha value is -0.770. The lowest BCUT2D eigenvalue weighted by atomic mass is 10.4. The van der Waals surface area contributed by atoms with E-state index < -0.39 is 0 Å². The normalized spacial score (nSPS) is 10.2. The highest BCUT2D eigenvalue weighted by Gasteiger charge is 2.11. The van der Waals surface area contributed by atoms with Gasteiger partial charge in [0.05, 0.1) is 0 Å². The molecule has 0 aliphatic carbocycles. The summed E-state index contributed by atoms with van der Waals surface area (Å²) >= 11 is 0. The molecule has 0 rings (SSSR count). The van der Waals surface area contributed by atoms with E-state index in [1.54, 1.807) is 4.90 Å². The molecule has 0 aromatic heterocycles. The van der Waals surface area contributed by atoms with Crippen molar-refractivity contribution in [3.05, 3.63) is 0 Å². The summed E-state index contributed by atoms with van der Waals surface area (Å²) in [5.41, 5.74) is 5.41. The molecule has 0 heterocycles. The van der Waals surface area contributed by atoms with Crippen LogP contribution >= 0.6 is 0 Å². The minimum absolute atomic E-state index is 0.0118. The average Bonchev–Trinajstić information content (AvgIpc) is 2.02. The van der Waals surface area contributed by atoms with Crippen molar-refractivity contribution in [2.24, 2.45) is 5.73 Å². The van der Waals surface area contributed by atoms with E-state index in [9.17, 15) is 4.79 Å². The molecule has 0 spiro atoms. The van der Waals surface area contributed by atoms with Crippen LogP contribution in [0, 0.1) is 0 Å². The van der Waals surface area contributed by atoms with Crippen molar-refractivity contribution < 1.29 is 4.79 Å². The van der Waals surface area contributed by atoms with Gasteiger partial charge in [0.1, 0.15) is 0 Å².